The minimum absolute atomic E-state index is 0.0263. The number of rotatable bonds is 4. The summed E-state index contributed by atoms with van der Waals surface area (Å²) < 4.78 is 23.0. The van der Waals surface area contributed by atoms with Gasteiger partial charge in [0, 0.05) is 24.2 Å². The van der Waals surface area contributed by atoms with E-state index >= 15 is 0 Å². The fourth-order valence-electron chi connectivity index (χ4n) is 2.06. The predicted octanol–water partition coefficient (Wildman–Crippen LogP) is 2.91. The topological polar surface area (TPSA) is 80.5 Å². The number of carbonyl (C=O) groups excluding carboxylic acids is 1. The van der Waals surface area contributed by atoms with Gasteiger partial charge in [-0.1, -0.05) is 35.3 Å². The Kier molecular flexibility index (Phi) is 5.31. The zero-order valence-electron chi connectivity index (χ0n) is 12.2. The molecule has 2 aromatic carbocycles. The van der Waals surface area contributed by atoms with Crippen molar-refractivity contribution >= 4 is 39.1 Å². The third kappa shape index (κ3) is 4.45. The van der Waals surface area contributed by atoms with Crippen molar-refractivity contribution in [1.82, 2.24) is 4.90 Å². The van der Waals surface area contributed by atoms with Crippen molar-refractivity contribution in [1.29, 1.82) is 0 Å². The normalized spacial score (nSPS) is 11.3. The molecule has 0 aliphatic heterocycles. The van der Waals surface area contributed by atoms with Crippen molar-refractivity contribution in [2.75, 3.05) is 7.05 Å². The van der Waals surface area contributed by atoms with Gasteiger partial charge in [-0.05, 0) is 35.9 Å². The molecule has 8 heteroatoms. The summed E-state index contributed by atoms with van der Waals surface area (Å²) >= 11 is 11.7. The number of primary sulfonamides is 1. The smallest absolute Gasteiger partial charge is 0.253 e. The van der Waals surface area contributed by atoms with Gasteiger partial charge in [-0.3, -0.25) is 4.79 Å². The summed E-state index contributed by atoms with van der Waals surface area (Å²) in [6, 6.07) is 11.1. The highest BCUT2D eigenvalue weighted by molar-refractivity contribution is 7.89. The first kappa shape index (κ1) is 17.7. The second-order valence-electron chi connectivity index (χ2n) is 4.98. The Labute approximate surface area is 144 Å². The molecule has 2 rings (SSSR count). The fourth-order valence-corrected chi connectivity index (χ4v) is 3.34. The Bertz CT molecular complexity index is 854. The summed E-state index contributed by atoms with van der Waals surface area (Å²) in [6.07, 6.45) is 0. The maximum atomic E-state index is 12.4. The Morgan fingerprint density at radius 3 is 2.48 bits per heavy atom. The SMILES string of the molecule is CN(Cc1cccc(Cl)c1)C(=O)c1ccc(Cl)c(S(N)(=O)=O)c1. The van der Waals surface area contributed by atoms with Crippen molar-refractivity contribution in [3.63, 3.8) is 0 Å². The number of sulfonamides is 1. The molecule has 23 heavy (non-hydrogen) atoms. The first-order valence-corrected chi connectivity index (χ1v) is 8.81. The molecule has 0 aromatic heterocycles. The van der Waals surface area contributed by atoms with Crippen LogP contribution >= 0.6 is 23.2 Å². The molecule has 0 aliphatic rings. The summed E-state index contributed by atoms with van der Waals surface area (Å²) in [5.74, 6) is -0.355. The average Bonchev–Trinajstić information content (AvgIpc) is 2.45. The summed E-state index contributed by atoms with van der Waals surface area (Å²) in [6.45, 7) is 0.326. The van der Waals surface area contributed by atoms with Crippen LogP contribution in [-0.2, 0) is 16.6 Å². The van der Waals surface area contributed by atoms with Crippen molar-refractivity contribution < 1.29 is 13.2 Å². The fraction of sp³-hybridized carbons (Fsp3) is 0.133. The van der Waals surface area contributed by atoms with Crippen molar-refractivity contribution in [2.24, 2.45) is 5.14 Å². The lowest BCUT2D eigenvalue weighted by Crippen LogP contribution is -2.26. The molecule has 1 amide bonds. The highest BCUT2D eigenvalue weighted by atomic mass is 35.5. The molecule has 0 fully saturated rings. The number of nitrogens with zero attached hydrogens (tertiary/aromatic N) is 1. The zero-order valence-corrected chi connectivity index (χ0v) is 14.5. The van der Waals surface area contributed by atoms with Gasteiger partial charge in [-0.15, -0.1) is 0 Å². The summed E-state index contributed by atoms with van der Waals surface area (Å²) in [5.41, 5.74) is 1.04. The van der Waals surface area contributed by atoms with Crippen LogP contribution < -0.4 is 5.14 Å². The highest BCUT2D eigenvalue weighted by Crippen LogP contribution is 2.22. The maximum Gasteiger partial charge on any atom is 0.253 e. The Hall–Kier alpha value is -1.60. The van der Waals surface area contributed by atoms with Crippen LogP contribution in [-0.4, -0.2) is 26.3 Å². The molecule has 0 unspecified atom stereocenters. The minimum Gasteiger partial charge on any atom is -0.337 e. The van der Waals surface area contributed by atoms with Gasteiger partial charge in [0.25, 0.3) is 5.91 Å². The van der Waals surface area contributed by atoms with Crippen LogP contribution in [0.25, 0.3) is 0 Å². The number of carbonyl (C=O) groups is 1. The van der Waals surface area contributed by atoms with E-state index in [1.807, 2.05) is 6.07 Å². The molecular formula is C15H14Cl2N2O3S. The zero-order chi connectivity index (χ0) is 17.2. The number of amides is 1. The van der Waals surface area contributed by atoms with Gasteiger partial charge >= 0.3 is 0 Å². The van der Waals surface area contributed by atoms with E-state index in [9.17, 15) is 13.2 Å². The van der Waals surface area contributed by atoms with E-state index in [0.29, 0.717) is 11.6 Å². The molecule has 0 heterocycles. The summed E-state index contributed by atoms with van der Waals surface area (Å²) in [4.78, 5) is 13.6. The van der Waals surface area contributed by atoms with E-state index in [4.69, 9.17) is 28.3 Å². The lowest BCUT2D eigenvalue weighted by Gasteiger charge is -2.18. The van der Waals surface area contributed by atoms with Crippen molar-refractivity contribution in [2.45, 2.75) is 11.4 Å². The summed E-state index contributed by atoms with van der Waals surface area (Å²) in [7, 11) is -2.39. The minimum atomic E-state index is -4.00. The number of hydrogen-bond donors (Lipinski definition) is 1. The van der Waals surface area contributed by atoms with Gasteiger partial charge in [0.1, 0.15) is 4.90 Å². The largest absolute Gasteiger partial charge is 0.337 e. The first-order chi connectivity index (χ1) is 10.7. The van der Waals surface area contributed by atoms with Crippen molar-refractivity contribution in [3.8, 4) is 0 Å². The van der Waals surface area contributed by atoms with Crippen molar-refractivity contribution in [3.05, 3.63) is 63.6 Å². The molecule has 2 N–H and O–H groups in total. The van der Waals surface area contributed by atoms with E-state index in [1.54, 1.807) is 25.2 Å². The number of halogens is 2. The molecular weight excluding hydrogens is 359 g/mol. The van der Waals surface area contributed by atoms with Crippen LogP contribution in [0.2, 0.25) is 10.0 Å². The van der Waals surface area contributed by atoms with Crippen LogP contribution in [0, 0.1) is 0 Å². The predicted molar refractivity (Wildman–Crippen MR) is 90.1 cm³/mol. The van der Waals surface area contributed by atoms with Gasteiger partial charge in [-0.2, -0.15) is 0 Å². The number of benzene rings is 2. The van der Waals surface area contributed by atoms with Gasteiger partial charge in [0.2, 0.25) is 10.0 Å². The van der Waals surface area contributed by atoms with Crippen LogP contribution in [0.1, 0.15) is 15.9 Å². The summed E-state index contributed by atoms with van der Waals surface area (Å²) in [5, 5.41) is 5.64. The van der Waals surface area contributed by atoms with E-state index in [1.165, 1.54) is 23.1 Å². The van der Waals surface area contributed by atoms with E-state index in [0.717, 1.165) is 5.56 Å². The molecule has 0 radical (unpaired) electrons. The third-order valence-electron chi connectivity index (χ3n) is 3.14. The van der Waals surface area contributed by atoms with Crippen LogP contribution in [0.4, 0.5) is 0 Å². The monoisotopic (exact) mass is 372 g/mol. The van der Waals surface area contributed by atoms with Crippen LogP contribution in [0.15, 0.2) is 47.4 Å². The second kappa shape index (κ2) is 6.88. The maximum absolute atomic E-state index is 12.4. The quantitative estimate of drug-likeness (QED) is 0.895. The second-order valence-corrected chi connectivity index (χ2v) is 7.35. The first-order valence-electron chi connectivity index (χ1n) is 6.51. The number of nitrogens with two attached hydrogens (primary N) is 1. The molecule has 0 saturated carbocycles. The van der Waals surface area contributed by atoms with Crippen LogP contribution in [0.5, 0.6) is 0 Å². The average molecular weight is 373 g/mol. The number of hydrogen-bond acceptors (Lipinski definition) is 3. The van der Waals surface area contributed by atoms with Gasteiger partial charge in [0.15, 0.2) is 0 Å². The Balaban J connectivity index is 2.26. The van der Waals surface area contributed by atoms with Gasteiger partial charge < -0.3 is 4.90 Å². The molecule has 2 aromatic rings. The van der Waals surface area contributed by atoms with Gasteiger partial charge in [0.05, 0.1) is 5.02 Å². The standard InChI is InChI=1S/C15H14Cl2N2O3S/c1-19(9-10-3-2-4-12(16)7-10)15(20)11-5-6-13(17)14(8-11)23(18,21)22/h2-8H,9H2,1H3,(H2,18,21,22). The highest BCUT2D eigenvalue weighted by Gasteiger charge is 2.18. The molecule has 0 aliphatic carbocycles. The Morgan fingerprint density at radius 1 is 1.17 bits per heavy atom. The van der Waals surface area contributed by atoms with E-state index in [-0.39, 0.29) is 21.4 Å². The lowest BCUT2D eigenvalue weighted by molar-refractivity contribution is 0.0785. The van der Waals surface area contributed by atoms with Crippen LogP contribution in [0.3, 0.4) is 0 Å². The molecule has 0 saturated heterocycles. The Morgan fingerprint density at radius 2 is 1.87 bits per heavy atom. The molecule has 0 spiro atoms. The molecule has 0 bridgehead atoms. The molecule has 5 nitrogen and oxygen atoms in total. The molecule has 122 valence electrons. The van der Waals surface area contributed by atoms with Gasteiger partial charge in [-0.25, -0.2) is 13.6 Å². The molecule has 0 atom stereocenters. The van der Waals surface area contributed by atoms with E-state index in [2.05, 4.69) is 0 Å². The lowest BCUT2D eigenvalue weighted by atomic mass is 10.1. The third-order valence-corrected chi connectivity index (χ3v) is 4.77. The van der Waals surface area contributed by atoms with E-state index < -0.39 is 10.0 Å².